The number of Topliss-reactive ketones (excluding diaryl/α,β-unsaturated/α-hetero) is 1. The Morgan fingerprint density at radius 3 is 2.00 bits per heavy atom. The van der Waals surface area contributed by atoms with Crippen molar-refractivity contribution in [1.29, 1.82) is 0 Å². The lowest BCUT2D eigenvalue weighted by molar-refractivity contribution is -0.126. The van der Waals surface area contributed by atoms with Crippen LogP contribution in [0.3, 0.4) is 0 Å². The molecule has 0 saturated heterocycles. The van der Waals surface area contributed by atoms with E-state index in [9.17, 15) is 4.79 Å². The molecule has 0 amide bonds. The summed E-state index contributed by atoms with van der Waals surface area (Å²) >= 11 is 0. The van der Waals surface area contributed by atoms with E-state index in [0.717, 1.165) is 12.8 Å². The summed E-state index contributed by atoms with van der Waals surface area (Å²) in [5, 5.41) is 0. The topological polar surface area (TPSA) is 17.1 Å². The predicted molar refractivity (Wildman–Crippen MR) is 37.2 cm³/mol. The summed E-state index contributed by atoms with van der Waals surface area (Å²) in [5.74, 6) is 0.681. The molecule has 0 N–H and O–H groups in total. The summed E-state index contributed by atoms with van der Waals surface area (Å²) in [6, 6.07) is 0. The molecule has 0 unspecified atom stereocenters. The molecule has 1 heteroatoms. The van der Waals surface area contributed by atoms with Gasteiger partial charge in [0.2, 0.25) is 0 Å². The molecule has 1 fully saturated rings. The Bertz CT molecular complexity index is 132. The average molecular weight is 126 g/mol. The van der Waals surface area contributed by atoms with Crippen LogP contribution in [0.25, 0.3) is 0 Å². The molecular weight excluding hydrogens is 112 g/mol. The molecule has 52 valence electrons. The first-order chi connectivity index (χ1) is 4.06. The highest BCUT2D eigenvalue weighted by atomic mass is 16.1. The summed E-state index contributed by atoms with van der Waals surface area (Å²) in [5.41, 5.74) is 0.0914. The molecule has 1 aliphatic carbocycles. The molecule has 0 spiro atoms. The SMILES string of the molecule is CC(C)C(=O)C1(C)CC1. The molecule has 0 aromatic carbocycles. The molecule has 1 nitrogen and oxygen atoms in total. The number of carbonyl (C=O) groups excluding carboxylic acids is 1. The number of hydrogen-bond acceptors (Lipinski definition) is 1. The maximum atomic E-state index is 11.2. The first kappa shape index (κ1) is 6.79. The summed E-state index contributed by atoms with van der Waals surface area (Å²) in [6.07, 6.45) is 2.23. The minimum absolute atomic E-state index is 0.0914. The van der Waals surface area contributed by atoms with E-state index in [1.165, 1.54) is 0 Å². The highest BCUT2D eigenvalue weighted by Crippen LogP contribution is 2.47. The van der Waals surface area contributed by atoms with Crippen molar-refractivity contribution in [2.75, 3.05) is 0 Å². The van der Waals surface area contributed by atoms with E-state index in [1.807, 2.05) is 13.8 Å². The molecule has 1 saturated carbocycles. The van der Waals surface area contributed by atoms with Crippen LogP contribution >= 0.6 is 0 Å². The Kier molecular flexibility index (Phi) is 1.38. The predicted octanol–water partition coefficient (Wildman–Crippen LogP) is 2.01. The van der Waals surface area contributed by atoms with Crippen LogP contribution in [-0.2, 0) is 4.79 Å². The van der Waals surface area contributed by atoms with E-state index in [-0.39, 0.29) is 11.3 Å². The second-order valence-electron chi connectivity index (χ2n) is 3.58. The largest absolute Gasteiger partial charge is 0.299 e. The van der Waals surface area contributed by atoms with Gasteiger partial charge in [-0.2, -0.15) is 0 Å². The van der Waals surface area contributed by atoms with E-state index in [1.54, 1.807) is 0 Å². The van der Waals surface area contributed by atoms with Crippen LogP contribution in [0, 0.1) is 11.3 Å². The molecule has 0 aromatic heterocycles. The molecule has 0 aliphatic heterocycles. The fourth-order valence-corrected chi connectivity index (χ4v) is 1.13. The van der Waals surface area contributed by atoms with Crippen LogP contribution in [0.15, 0.2) is 0 Å². The third-order valence-corrected chi connectivity index (χ3v) is 2.12. The fourth-order valence-electron chi connectivity index (χ4n) is 1.13. The monoisotopic (exact) mass is 126 g/mol. The summed E-state index contributed by atoms with van der Waals surface area (Å²) in [7, 11) is 0. The second-order valence-corrected chi connectivity index (χ2v) is 3.58. The van der Waals surface area contributed by atoms with Crippen molar-refractivity contribution in [3.63, 3.8) is 0 Å². The molecular formula is C8H14O. The van der Waals surface area contributed by atoms with E-state index in [2.05, 4.69) is 6.92 Å². The van der Waals surface area contributed by atoms with Crippen molar-refractivity contribution < 1.29 is 4.79 Å². The summed E-state index contributed by atoms with van der Waals surface area (Å²) in [6.45, 7) is 6.02. The minimum atomic E-state index is 0.0914. The van der Waals surface area contributed by atoms with Gasteiger partial charge in [0.25, 0.3) is 0 Å². The quantitative estimate of drug-likeness (QED) is 0.553. The van der Waals surface area contributed by atoms with Gasteiger partial charge in [-0.3, -0.25) is 4.79 Å². The summed E-state index contributed by atoms with van der Waals surface area (Å²) < 4.78 is 0. The van der Waals surface area contributed by atoms with Gasteiger partial charge in [-0.15, -0.1) is 0 Å². The van der Waals surface area contributed by atoms with Gasteiger partial charge in [0.15, 0.2) is 0 Å². The highest BCUT2D eigenvalue weighted by Gasteiger charge is 2.45. The Hall–Kier alpha value is -0.330. The molecule has 1 rings (SSSR count). The van der Waals surface area contributed by atoms with Crippen molar-refractivity contribution in [3.05, 3.63) is 0 Å². The van der Waals surface area contributed by atoms with Crippen molar-refractivity contribution in [2.45, 2.75) is 33.6 Å². The van der Waals surface area contributed by atoms with Gasteiger partial charge in [-0.05, 0) is 12.8 Å². The standard InChI is InChI=1S/C8H14O/c1-6(2)7(9)8(3)4-5-8/h6H,4-5H2,1-3H3. The van der Waals surface area contributed by atoms with E-state index in [0.29, 0.717) is 5.78 Å². The van der Waals surface area contributed by atoms with Crippen LogP contribution in [0.2, 0.25) is 0 Å². The Morgan fingerprint density at radius 1 is 1.44 bits per heavy atom. The van der Waals surface area contributed by atoms with Crippen LogP contribution in [-0.4, -0.2) is 5.78 Å². The first-order valence-electron chi connectivity index (χ1n) is 3.60. The Morgan fingerprint density at radius 2 is 1.89 bits per heavy atom. The molecule has 0 heterocycles. The lowest BCUT2D eigenvalue weighted by Crippen LogP contribution is -2.17. The molecule has 0 bridgehead atoms. The van der Waals surface area contributed by atoms with E-state index in [4.69, 9.17) is 0 Å². The normalized spacial score (nSPS) is 22.2. The number of hydrogen-bond donors (Lipinski definition) is 0. The van der Waals surface area contributed by atoms with Gasteiger partial charge in [-0.25, -0.2) is 0 Å². The van der Waals surface area contributed by atoms with Gasteiger partial charge in [0.1, 0.15) is 5.78 Å². The number of carbonyl (C=O) groups is 1. The lowest BCUT2D eigenvalue weighted by atomic mass is 9.95. The third-order valence-electron chi connectivity index (χ3n) is 2.12. The van der Waals surface area contributed by atoms with Gasteiger partial charge >= 0.3 is 0 Å². The third kappa shape index (κ3) is 1.15. The van der Waals surface area contributed by atoms with Crippen molar-refractivity contribution in [2.24, 2.45) is 11.3 Å². The van der Waals surface area contributed by atoms with Gasteiger partial charge < -0.3 is 0 Å². The van der Waals surface area contributed by atoms with Gasteiger partial charge in [0.05, 0.1) is 0 Å². The first-order valence-corrected chi connectivity index (χ1v) is 3.60. The minimum Gasteiger partial charge on any atom is -0.299 e. The highest BCUT2D eigenvalue weighted by molar-refractivity contribution is 5.88. The zero-order valence-corrected chi connectivity index (χ0v) is 6.40. The van der Waals surface area contributed by atoms with Crippen LogP contribution < -0.4 is 0 Å². The molecule has 9 heavy (non-hydrogen) atoms. The maximum Gasteiger partial charge on any atom is 0.141 e. The zero-order valence-electron chi connectivity index (χ0n) is 6.40. The van der Waals surface area contributed by atoms with Crippen LogP contribution in [0.5, 0.6) is 0 Å². The molecule has 1 aliphatic rings. The van der Waals surface area contributed by atoms with E-state index >= 15 is 0 Å². The molecule has 0 radical (unpaired) electrons. The van der Waals surface area contributed by atoms with E-state index < -0.39 is 0 Å². The number of ketones is 1. The molecule has 0 aromatic rings. The summed E-state index contributed by atoms with van der Waals surface area (Å²) in [4.78, 5) is 11.2. The molecule has 0 atom stereocenters. The van der Waals surface area contributed by atoms with Crippen molar-refractivity contribution in [1.82, 2.24) is 0 Å². The van der Waals surface area contributed by atoms with Crippen molar-refractivity contribution in [3.8, 4) is 0 Å². The smallest absolute Gasteiger partial charge is 0.141 e. The Balaban J connectivity index is 2.53. The van der Waals surface area contributed by atoms with Crippen LogP contribution in [0.4, 0.5) is 0 Å². The number of rotatable bonds is 2. The Labute approximate surface area is 56.4 Å². The maximum absolute atomic E-state index is 11.2. The second kappa shape index (κ2) is 1.83. The van der Waals surface area contributed by atoms with Gasteiger partial charge in [0, 0.05) is 11.3 Å². The zero-order chi connectivity index (χ0) is 7.07. The fraction of sp³-hybridized carbons (Fsp3) is 0.875. The average Bonchev–Trinajstić information content (AvgIpc) is 2.47. The van der Waals surface area contributed by atoms with Gasteiger partial charge in [-0.1, -0.05) is 20.8 Å². The lowest BCUT2D eigenvalue weighted by Gasteiger charge is -2.08. The van der Waals surface area contributed by atoms with Crippen LogP contribution in [0.1, 0.15) is 33.6 Å². The van der Waals surface area contributed by atoms with Crippen molar-refractivity contribution >= 4 is 5.78 Å².